The largest absolute Gasteiger partial charge is 0.487 e. The molecule has 1 N–H and O–H groups in total. The van der Waals surface area contributed by atoms with Crippen molar-refractivity contribution >= 4 is 20.0 Å². The number of fused-ring (bicyclic) bond motifs is 1. The molecule has 0 saturated heterocycles. The molecule has 3 rings (SSSR count). The summed E-state index contributed by atoms with van der Waals surface area (Å²) in [6.45, 7) is 3.28. The molecule has 31 heavy (non-hydrogen) atoms. The lowest BCUT2D eigenvalue weighted by molar-refractivity contribution is 0.0905. The maximum Gasteiger partial charge on any atom is 0.247 e. The van der Waals surface area contributed by atoms with E-state index in [0.717, 1.165) is 19.1 Å². The number of ether oxygens (including phenoxy) is 1. The topological polar surface area (TPSA) is 104 Å². The molecule has 1 heterocycles. The van der Waals surface area contributed by atoms with Gasteiger partial charge in [0.1, 0.15) is 16.7 Å². The van der Waals surface area contributed by atoms with Crippen molar-refractivity contribution in [3.05, 3.63) is 23.8 Å². The first kappa shape index (κ1) is 24.0. The van der Waals surface area contributed by atoms with Gasteiger partial charge in [-0.2, -0.15) is 4.31 Å². The molecule has 1 aliphatic carbocycles. The van der Waals surface area contributed by atoms with Crippen LogP contribution >= 0.6 is 0 Å². The number of hydrogen-bond acceptors (Lipinski definition) is 6. The molecule has 8 nitrogen and oxygen atoms in total. The summed E-state index contributed by atoms with van der Waals surface area (Å²) in [6, 6.07) is 4.10. The molecule has 172 valence electrons. The summed E-state index contributed by atoms with van der Waals surface area (Å²) in [5.74, 6) is 6.43. The molecule has 1 fully saturated rings. The summed E-state index contributed by atoms with van der Waals surface area (Å²) >= 11 is 0. The van der Waals surface area contributed by atoms with Crippen molar-refractivity contribution in [1.29, 1.82) is 0 Å². The van der Waals surface area contributed by atoms with Gasteiger partial charge in [-0.25, -0.2) is 21.1 Å². The zero-order valence-corrected chi connectivity index (χ0v) is 19.9. The Morgan fingerprint density at radius 1 is 1.35 bits per heavy atom. The number of benzene rings is 1. The highest BCUT2D eigenvalue weighted by Gasteiger charge is 2.38. The van der Waals surface area contributed by atoms with E-state index in [4.69, 9.17) is 4.74 Å². The minimum absolute atomic E-state index is 0.0105. The van der Waals surface area contributed by atoms with Gasteiger partial charge in [-0.3, -0.25) is 0 Å². The van der Waals surface area contributed by atoms with Crippen LogP contribution in [0.4, 0.5) is 0 Å². The second-order valence-electron chi connectivity index (χ2n) is 8.49. The summed E-state index contributed by atoms with van der Waals surface area (Å²) in [6.07, 6.45) is 2.68. The van der Waals surface area contributed by atoms with Gasteiger partial charge in [-0.1, -0.05) is 18.8 Å². The van der Waals surface area contributed by atoms with Crippen LogP contribution in [-0.4, -0.2) is 75.7 Å². The Hall–Kier alpha value is -1.64. The SMILES string of the molecule is C[C@H]1CN([C@@H](C)CO)S(=O)(=O)c2ccc(C#CC3CC3)cc2O[C@H]1CN(C)S(C)(=O)=O. The molecule has 0 bridgehead atoms. The Bertz CT molecular complexity index is 1090. The van der Waals surface area contributed by atoms with Crippen molar-refractivity contribution in [2.75, 3.05) is 33.0 Å². The van der Waals surface area contributed by atoms with Gasteiger partial charge >= 0.3 is 0 Å². The van der Waals surface area contributed by atoms with Crippen molar-refractivity contribution in [1.82, 2.24) is 8.61 Å². The first-order valence-electron chi connectivity index (χ1n) is 10.3. The molecule has 0 unspecified atom stereocenters. The van der Waals surface area contributed by atoms with Gasteiger partial charge in [0.05, 0.1) is 19.4 Å². The van der Waals surface area contributed by atoms with E-state index in [-0.39, 0.29) is 36.3 Å². The second-order valence-corrected chi connectivity index (χ2v) is 12.4. The smallest absolute Gasteiger partial charge is 0.247 e. The van der Waals surface area contributed by atoms with Crippen LogP contribution in [0.25, 0.3) is 0 Å². The second kappa shape index (κ2) is 9.08. The van der Waals surface area contributed by atoms with Gasteiger partial charge in [-0.05, 0) is 38.0 Å². The van der Waals surface area contributed by atoms with E-state index in [2.05, 4.69) is 11.8 Å². The van der Waals surface area contributed by atoms with E-state index in [9.17, 15) is 21.9 Å². The number of hydrogen-bond donors (Lipinski definition) is 1. The van der Waals surface area contributed by atoms with Crippen LogP contribution in [0.2, 0.25) is 0 Å². The maximum atomic E-state index is 13.4. The van der Waals surface area contributed by atoms with Crippen LogP contribution < -0.4 is 4.74 Å². The lowest BCUT2D eigenvalue weighted by atomic mass is 10.0. The maximum absolute atomic E-state index is 13.4. The molecule has 0 radical (unpaired) electrons. The van der Waals surface area contributed by atoms with Gasteiger partial charge in [0.25, 0.3) is 0 Å². The first-order valence-corrected chi connectivity index (χ1v) is 13.6. The predicted molar refractivity (Wildman–Crippen MR) is 118 cm³/mol. The zero-order chi connectivity index (χ0) is 23.0. The summed E-state index contributed by atoms with van der Waals surface area (Å²) in [5.41, 5.74) is 0.644. The molecule has 1 saturated carbocycles. The van der Waals surface area contributed by atoms with E-state index in [1.165, 1.54) is 21.7 Å². The van der Waals surface area contributed by atoms with Crippen LogP contribution in [0.15, 0.2) is 23.1 Å². The Morgan fingerprint density at radius 2 is 2.03 bits per heavy atom. The van der Waals surface area contributed by atoms with E-state index in [1.807, 2.05) is 6.92 Å². The molecule has 0 aromatic heterocycles. The van der Waals surface area contributed by atoms with Crippen molar-refractivity contribution in [3.8, 4) is 17.6 Å². The van der Waals surface area contributed by atoms with E-state index in [1.54, 1.807) is 19.1 Å². The number of likely N-dealkylation sites (N-methyl/N-ethyl adjacent to an activating group) is 1. The van der Waals surface area contributed by atoms with Crippen molar-refractivity contribution < 1.29 is 26.7 Å². The molecule has 3 atom stereocenters. The summed E-state index contributed by atoms with van der Waals surface area (Å²) in [7, 11) is -5.91. The molecular weight excluding hydrogens is 440 g/mol. The number of aliphatic hydroxyl groups excluding tert-OH is 1. The lowest BCUT2D eigenvalue weighted by Gasteiger charge is -2.37. The van der Waals surface area contributed by atoms with Gasteiger partial charge in [0, 0.05) is 37.0 Å². The van der Waals surface area contributed by atoms with Gasteiger partial charge < -0.3 is 9.84 Å². The third-order valence-corrected chi connectivity index (χ3v) is 8.97. The van der Waals surface area contributed by atoms with Gasteiger partial charge in [0.15, 0.2) is 0 Å². The Labute approximate surface area is 185 Å². The average molecular weight is 471 g/mol. The fourth-order valence-electron chi connectivity index (χ4n) is 3.32. The molecule has 1 aliphatic heterocycles. The van der Waals surface area contributed by atoms with Crippen molar-refractivity contribution in [2.24, 2.45) is 11.8 Å². The van der Waals surface area contributed by atoms with Crippen LogP contribution in [0.5, 0.6) is 5.75 Å². The van der Waals surface area contributed by atoms with Crippen LogP contribution in [0.1, 0.15) is 32.3 Å². The molecule has 1 aromatic carbocycles. The lowest BCUT2D eigenvalue weighted by Crippen LogP contribution is -2.50. The first-order chi connectivity index (χ1) is 14.4. The molecule has 0 amide bonds. The predicted octanol–water partition coefficient (Wildman–Crippen LogP) is 1.11. The fourth-order valence-corrected chi connectivity index (χ4v) is 5.57. The fraction of sp³-hybridized carbons (Fsp3) is 0.619. The zero-order valence-electron chi connectivity index (χ0n) is 18.3. The minimum Gasteiger partial charge on any atom is -0.487 e. The third-order valence-electron chi connectivity index (χ3n) is 5.67. The highest BCUT2D eigenvalue weighted by Crippen LogP contribution is 2.34. The van der Waals surface area contributed by atoms with E-state index in [0.29, 0.717) is 11.5 Å². The number of rotatable bonds is 5. The third kappa shape index (κ3) is 5.59. The van der Waals surface area contributed by atoms with Crippen LogP contribution in [0.3, 0.4) is 0 Å². The standard InChI is InChI=1S/C21H30N2O6S2/c1-15-12-23(16(2)14-24)31(27,28)21-10-9-18(8-7-17-5-6-17)11-19(21)29-20(15)13-22(3)30(4,25)26/h9-11,15-17,20,24H,5-6,12-14H2,1-4H3/t15-,16-,20-/m0/s1. The van der Waals surface area contributed by atoms with Crippen molar-refractivity contribution in [3.63, 3.8) is 0 Å². The van der Waals surface area contributed by atoms with Crippen LogP contribution in [-0.2, 0) is 20.0 Å². The molecule has 10 heteroatoms. The summed E-state index contributed by atoms with van der Waals surface area (Å²) < 4.78 is 59.3. The monoisotopic (exact) mass is 470 g/mol. The number of nitrogens with zero attached hydrogens (tertiary/aromatic N) is 2. The Kier molecular flexibility index (Phi) is 7.03. The Balaban J connectivity index is 2.07. The number of sulfonamides is 2. The summed E-state index contributed by atoms with van der Waals surface area (Å²) in [5, 5.41) is 9.66. The highest BCUT2D eigenvalue weighted by atomic mass is 32.2. The minimum atomic E-state index is -3.93. The molecular formula is C21H30N2O6S2. The van der Waals surface area contributed by atoms with Gasteiger partial charge in [0.2, 0.25) is 20.0 Å². The molecule has 0 spiro atoms. The van der Waals surface area contributed by atoms with E-state index < -0.39 is 32.2 Å². The normalized spacial score (nSPS) is 24.8. The van der Waals surface area contributed by atoms with Gasteiger partial charge in [-0.15, -0.1) is 0 Å². The molecule has 1 aromatic rings. The highest BCUT2D eigenvalue weighted by molar-refractivity contribution is 7.89. The Morgan fingerprint density at radius 3 is 2.61 bits per heavy atom. The summed E-state index contributed by atoms with van der Waals surface area (Å²) in [4.78, 5) is -0.0105. The van der Waals surface area contributed by atoms with Crippen molar-refractivity contribution in [2.45, 2.75) is 43.7 Å². The average Bonchev–Trinajstić information content (AvgIpc) is 3.52. The van der Waals surface area contributed by atoms with E-state index >= 15 is 0 Å². The quantitative estimate of drug-likeness (QED) is 0.647. The molecule has 2 aliphatic rings. The van der Waals surface area contributed by atoms with Crippen LogP contribution in [0, 0.1) is 23.7 Å². The number of aliphatic hydroxyl groups is 1.